The molecule has 0 aromatic heterocycles. The molecule has 0 saturated heterocycles. The van der Waals surface area contributed by atoms with E-state index in [0.717, 1.165) is 22.9 Å². The van der Waals surface area contributed by atoms with Crippen LogP contribution in [-0.4, -0.2) is 12.5 Å². The molecule has 20 heavy (non-hydrogen) atoms. The van der Waals surface area contributed by atoms with Crippen molar-refractivity contribution in [1.82, 2.24) is 0 Å². The van der Waals surface area contributed by atoms with Gasteiger partial charge in [-0.25, -0.2) is 0 Å². The van der Waals surface area contributed by atoms with Crippen LogP contribution in [-0.2, 0) is 0 Å². The van der Waals surface area contributed by atoms with Crippen LogP contribution in [0.25, 0.3) is 0 Å². The fraction of sp³-hybridized carbons (Fsp3) is 0.125. The smallest absolute Gasteiger partial charge is 0.196 e. The molecule has 0 spiro atoms. The van der Waals surface area contributed by atoms with Crippen molar-refractivity contribution >= 4 is 11.4 Å². The van der Waals surface area contributed by atoms with Crippen molar-refractivity contribution in [3.05, 3.63) is 61.0 Å². The second-order valence-electron chi connectivity index (χ2n) is 5.07. The Balaban J connectivity index is 1.63. The maximum atomic E-state index is 5.98. The van der Waals surface area contributed by atoms with Crippen molar-refractivity contribution in [2.24, 2.45) is 0 Å². The molecule has 1 aromatic carbocycles. The number of allylic oxidation sites excluding steroid dienone is 4. The Morgan fingerprint density at radius 2 is 1.20 bits per heavy atom. The van der Waals surface area contributed by atoms with E-state index in [9.17, 15) is 0 Å². The van der Waals surface area contributed by atoms with E-state index in [2.05, 4.69) is 21.9 Å². The number of ether oxygens (including phenoxy) is 2. The van der Waals surface area contributed by atoms with Gasteiger partial charge in [-0.05, 0) is 24.3 Å². The third-order valence-corrected chi connectivity index (χ3v) is 3.91. The normalized spacial score (nSPS) is 26.8. The predicted molar refractivity (Wildman–Crippen MR) is 76.8 cm³/mol. The van der Waals surface area contributed by atoms with E-state index >= 15 is 0 Å². The molecule has 0 radical (unpaired) electrons. The first kappa shape index (κ1) is 10.2. The van der Waals surface area contributed by atoms with Crippen molar-refractivity contribution in [3.8, 4) is 11.5 Å². The monoisotopic (exact) mass is 264 g/mol. The van der Waals surface area contributed by atoms with Gasteiger partial charge in [-0.1, -0.05) is 12.2 Å². The van der Waals surface area contributed by atoms with Gasteiger partial charge in [0.2, 0.25) is 0 Å². The quantitative estimate of drug-likeness (QED) is 0.719. The largest absolute Gasteiger partial charge is 0.464 e. The van der Waals surface area contributed by atoms with E-state index in [-0.39, 0.29) is 12.5 Å². The second-order valence-corrected chi connectivity index (χ2v) is 5.07. The van der Waals surface area contributed by atoms with Gasteiger partial charge >= 0.3 is 0 Å². The fourth-order valence-electron chi connectivity index (χ4n) is 2.98. The number of hydrogen-bond acceptors (Lipinski definition) is 4. The topological polar surface area (TPSA) is 24.9 Å². The average molecular weight is 264 g/mol. The van der Waals surface area contributed by atoms with Crippen LogP contribution in [0.5, 0.6) is 11.5 Å². The Morgan fingerprint density at radius 3 is 1.70 bits per heavy atom. The Hall–Kier alpha value is -2.62. The van der Waals surface area contributed by atoms with Crippen LogP contribution in [0.4, 0.5) is 11.4 Å². The highest BCUT2D eigenvalue weighted by atomic mass is 16.5. The lowest BCUT2D eigenvalue weighted by Crippen LogP contribution is -2.29. The molecular weight excluding hydrogens is 252 g/mol. The standard InChI is InChI=1S/C16H12N2O2/c1-3-7-17-11-9-14-12(10-13(11)19-15(17)5-1)18-8-4-2-6-16(18)20-14/h1-10,15-16H. The van der Waals surface area contributed by atoms with Gasteiger partial charge in [-0.3, -0.25) is 0 Å². The molecule has 0 N–H and O–H groups in total. The van der Waals surface area contributed by atoms with E-state index in [4.69, 9.17) is 9.47 Å². The lowest BCUT2D eigenvalue weighted by Gasteiger charge is -2.20. The first-order chi connectivity index (χ1) is 9.90. The number of nitrogens with zero attached hydrogens (tertiary/aromatic N) is 2. The molecule has 1 aromatic rings. The van der Waals surface area contributed by atoms with Crippen molar-refractivity contribution in [2.75, 3.05) is 9.80 Å². The summed E-state index contributed by atoms with van der Waals surface area (Å²) in [5.74, 6) is 1.80. The fourth-order valence-corrected chi connectivity index (χ4v) is 2.98. The van der Waals surface area contributed by atoms with Crippen LogP contribution < -0.4 is 19.3 Å². The van der Waals surface area contributed by atoms with Crippen molar-refractivity contribution in [2.45, 2.75) is 12.5 Å². The first-order valence-electron chi connectivity index (χ1n) is 6.68. The molecule has 4 aliphatic heterocycles. The maximum absolute atomic E-state index is 5.98. The van der Waals surface area contributed by atoms with Crippen molar-refractivity contribution < 1.29 is 9.47 Å². The molecule has 0 amide bonds. The summed E-state index contributed by atoms with van der Waals surface area (Å²) in [5.41, 5.74) is 2.12. The molecule has 4 heteroatoms. The molecule has 4 heterocycles. The minimum absolute atomic E-state index is 0.0369. The van der Waals surface area contributed by atoms with E-state index in [0.29, 0.717) is 0 Å². The van der Waals surface area contributed by atoms with E-state index < -0.39 is 0 Å². The maximum Gasteiger partial charge on any atom is 0.196 e. The highest BCUT2D eigenvalue weighted by molar-refractivity contribution is 5.78. The molecule has 5 rings (SSSR count). The van der Waals surface area contributed by atoms with Gasteiger partial charge in [0.25, 0.3) is 0 Å². The van der Waals surface area contributed by atoms with Gasteiger partial charge in [0, 0.05) is 24.5 Å². The second kappa shape index (κ2) is 3.48. The molecular formula is C16H12N2O2. The summed E-state index contributed by atoms with van der Waals surface area (Å²) in [5, 5.41) is 0. The summed E-state index contributed by atoms with van der Waals surface area (Å²) in [7, 11) is 0. The van der Waals surface area contributed by atoms with Gasteiger partial charge in [0.05, 0.1) is 11.4 Å². The third kappa shape index (κ3) is 1.20. The van der Waals surface area contributed by atoms with Crippen molar-refractivity contribution in [3.63, 3.8) is 0 Å². The molecule has 0 fully saturated rings. The zero-order valence-corrected chi connectivity index (χ0v) is 10.6. The molecule has 4 nitrogen and oxygen atoms in total. The predicted octanol–water partition coefficient (Wildman–Crippen LogP) is 2.90. The zero-order valence-electron chi connectivity index (χ0n) is 10.6. The lowest BCUT2D eigenvalue weighted by atomic mass is 10.2. The van der Waals surface area contributed by atoms with Gasteiger partial charge < -0.3 is 19.3 Å². The Bertz CT molecular complexity index is 656. The lowest BCUT2D eigenvalue weighted by molar-refractivity contribution is 0.282. The average Bonchev–Trinajstić information content (AvgIpc) is 3.02. The summed E-state index contributed by atoms with van der Waals surface area (Å²) in [4.78, 5) is 4.23. The highest BCUT2D eigenvalue weighted by Gasteiger charge is 2.35. The molecule has 4 aliphatic rings. The van der Waals surface area contributed by atoms with E-state index in [1.165, 1.54) is 0 Å². The summed E-state index contributed by atoms with van der Waals surface area (Å²) >= 11 is 0. The van der Waals surface area contributed by atoms with Crippen LogP contribution >= 0.6 is 0 Å². The first-order valence-corrected chi connectivity index (χ1v) is 6.68. The molecule has 0 saturated carbocycles. The summed E-state index contributed by atoms with van der Waals surface area (Å²) < 4.78 is 12.0. The van der Waals surface area contributed by atoms with Crippen molar-refractivity contribution in [1.29, 1.82) is 0 Å². The van der Waals surface area contributed by atoms with Crippen LogP contribution in [0.1, 0.15) is 0 Å². The highest BCUT2D eigenvalue weighted by Crippen LogP contribution is 2.49. The Morgan fingerprint density at radius 1 is 0.700 bits per heavy atom. The SMILES string of the molecule is C1=CC2Oc3cc4c(cc3N2C=C1)OC1C=CC=CN41. The van der Waals surface area contributed by atoms with Crippen LogP contribution in [0.3, 0.4) is 0 Å². The van der Waals surface area contributed by atoms with Gasteiger partial charge in [0.1, 0.15) is 11.5 Å². The summed E-state index contributed by atoms with van der Waals surface area (Å²) in [6.07, 6.45) is 16.1. The minimum atomic E-state index is -0.0369. The number of rotatable bonds is 0. The molecule has 0 bridgehead atoms. The zero-order chi connectivity index (χ0) is 13.1. The molecule has 98 valence electrons. The molecule has 2 unspecified atom stereocenters. The molecule has 0 aliphatic carbocycles. The van der Waals surface area contributed by atoms with Gasteiger partial charge in [-0.2, -0.15) is 0 Å². The van der Waals surface area contributed by atoms with E-state index in [1.54, 1.807) is 0 Å². The van der Waals surface area contributed by atoms with Gasteiger partial charge in [-0.15, -0.1) is 0 Å². The number of fused-ring (bicyclic) bond motifs is 6. The minimum Gasteiger partial charge on any atom is -0.464 e. The molecule has 2 atom stereocenters. The Labute approximate surface area is 116 Å². The number of anilines is 2. The summed E-state index contributed by atoms with van der Waals surface area (Å²) in [6, 6.07) is 4.13. The van der Waals surface area contributed by atoms with E-state index in [1.807, 2.05) is 48.9 Å². The van der Waals surface area contributed by atoms with Crippen LogP contribution in [0.2, 0.25) is 0 Å². The van der Waals surface area contributed by atoms with Crippen LogP contribution in [0.15, 0.2) is 61.0 Å². The third-order valence-electron chi connectivity index (χ3n) is 3.91. The Kier molecular flexibility index (Phi) is 1.77. The summed E-state index contributed by atoms with van der Waals surface area (Å²) in [6.45, 7) is 0. The number of benzene rings is 1. The van der Waals surface area contributed by atoms with Crippen LogP contribution in [0, 0.1) is 0 Å². The number of hydrogen-bond donors (Lipinski definition) is 0. The van der Waals surface area contributed by atoms with Gasteiger partial charge in [0.15, 0.2) is 12.5 Å².